The topological polar surface area (TPSA) is 130 Å². The van der Waals surface area contributed by atoms with Crippen LogP contribution < -0.4 is 39.8 Å². The van der Waals surface area contributed by atoms with Crippen molar-refractivity contribution in [3.05, 3.63) is 113 Å². The van der Waals surface area contributed by atoms with Crippen molar-refractivity contribution in [2.45, 2.75) is 16.3 Å². The summed E-state index contributed by atoms with van der Waals surface area (Å²) in [6, 6.07) is 18.0. The Morgan fingerprint density at radius 2 is 1.50 bits per heavy atom. The van der Waals surface area contributed by atoms with E-state index in [1.54, 1.807) is 18.2 Å². The number of anilines is 2. The Kier molecular flexibility index (Phi) is 10.8. The minimum Gasteiger partial charge on any atom is -0.744 e. The first-order chi connectivity index (χ1) is 19.2. The van der Waals surface area contributed by atoms with Gasteiger partial charge in [-0.3, -0.25) is 4.55 Å². The van der Waals surface area contributed by atoms with Crippen LogP contribution in [0.5, 0.6) is 0 Å². The minimum absolute atomic E-state index is 0. The van der Waals surface area contributed by atoms with Gasteiger partial charge in [0, 0.05) is 38.5 Å². The fraction of sp³-hybridized carbons (Fsp3) is 0.167. The number of nitrogens with zero attached hydrogens (tertiary/aromatic N) is 2. The molecule has 12 heteroatoms. The van der Waals surface area contributed by atoms with Crippen LogP contribution >= 0.6 is 0 Å². The molecule has 1 aliphatic carbocycles. The van der Waals surface area contributed by atoms with E-state index in [-0.39, 0.29) is 51.6 Å². The van der Waals surface area contributed by atoms with Crippen LogP contribution in [0, 0.1) is 0 Å². The fourth-order valence-electron chi connectivity index (χ4n) is 4.40. The molecule has 0 saturated heterocycles. The van der Waals surface area contributed by atoms with E-state index in [1.807, 2.05) is 86.2 Å². The van der Waals surface area contributed by atoms with E-state index in [1.165, 1.54) is 24.3 Å². The van der Waals surface area contributed by atoms with Crippen LogP contribution in [-0.4, -0.2) is 64.4 Å². The second kappa shape index (κ2) is 13.5. The maximum Gasteiger partial charge on any atom is 1.00 e. The standard InChI is InChI=1S/C30H31N3O6S2.Na/c1-32(2)25-13-8-22(9-14-25)30(23-10-15-26(16-11-23)33(3)4)24-12-17-28(29(19-24)41(37,38)39)31-20-21-6-5-7-27(18-21)40(34,35)36;/h5-19H,20H2,1-4H3,(H2,34,35,36,37,38,39);/q;+1. The van der Waals surface area contributed by atoms with Crippen molar-refractivity contribution in [1.82, 2.24) is 0 Å². The van der Waals surface area contributed by atoms with Crippen molar-refractivity contribution < 1.29 is 60.1 Å². The van der Waals surface area contributed by atoms with E-state index >= 15 is 0 Å². The molecule has 0 aliphatic heterocycles. The van der Waals surface area contributed by atoms with Crippen molar-refractivity contribution in [3.63, 3.8) is 0 Å². The molecule has 9 nitrogen and oxygen atoms in total. The summed E-state index contributed by atoms with van der Waals surface area (Å²) in [5.41, 5.74) is 5.62. The molecule has 0 aromatic heterocycles. The first kappa shape index (κ1) is 33.5. The molecule has 3 aromatic rings. The number of nitrogens with one attached hydrogen (secondary N) is 1. The SMILES string of the molecule is CN(C)c1ccc(C(=C2C=CC(=[N+](C)C)C=C2)c2ccc(NCc3cccc(S(=O)(=O)[O-])c3)c(S(=O)(=O)O)c2)cc1.[Na+]. The number of hydrogen-bond acceptors (Lipinski definition) is 7. The van der Waals surface area contributed by atoms with Crippen molar-refractivity contribution in [2.75, 3.05) is 38.4 Å². The largest absolute Gasteiger partial charge is 1.00 e. The molecule has 0 spiro atoms. The molecule has 3 aromatic carbocycles. The predicted molar refractivity (Wildman–Crippen MR) is 160 cm³/mol. The van der Waals surface area contributed by atoms with Crippen LogP contribution in [0.4, 0.5) is 11.4 Å². The number of rotatable bonds is 8. The van der Waals surface area contributed by atoms with E-state index in [0.717, 1.165) is 28.1 Å². The van der Waals surface area contributed by atoms with E-state index < -0.39 is 20.2 Å². The fourth-order valence-corrected chi connectivity index (χ4v) is 5.63. The van der Waals surface area contributed by atoms with Gasteiger partial charge < -0.3 is 14.8 Å². The average Bonchev–Trinajstić information content (AvgIpc) is 2.92. The summed E-state index contributed by atoms with van der Waals surface area (Å²) in [5, 5.41) is 2.94. The minimum atomic E-state index is -4.66. The second-order valence-electron chi connectivity index (χ2n) is 9.90. The van der Waals surface area contributed by atoms with Crippen molar-refractivity contribution in [1.29, 1.82) is 0 Å². The maximum atomic E-state index is 12.5. The third-order valence-electron chi connectivity index (χ3n) is 6.56. The van der Waals surface area contributed by atoms with E-state index in [0.29, 0.717) is 11.1 Å². The first-order valence-electron chi connectivity index (χ1n) is 12.6. The van der Waals surface area contributed by atoms with Crippen molar-refractivity contribution >= 4 is 42.9 Å². The van der Waals surface area contributed by atoms with Gasteiger partial charge in [-0.25, -0.2) is 13.0 Å². The molecule has 0 fully saturated rings. The van der Waals surface area contributed by atoms with E-state index in [9.17, 15) is 25.9 Å². The third kappa shape index (κ3) is 8.07. The van der Waals surface area contributed by atoms with Crippen LogP contribution in [-0.2, 0) is 26.8 Å². The summed E-state index contributed by atoms with van der Waals surface area (Å²) in [7, 11) is -1.53. The molecule has 0 amide bonds. The van der Waals surface area contributed by atoms with Gasteiger partial charge in [0.15, 0.2) is 5.71 Å². The van der Waals surface area contributed by atoms with Crippen LogP contribution in [0.3, 0.4) is 0 Å². The normalized spacial score (nSPS) is 13.0. The number of benzene rings is 3. The monoisotopic (exact) mass is 616 g/mol. The first-order valence-corrected chi connectivity index (χ1v) is 15.4. The zero-order valence-electron chi connectivity index (χ0n) is 24.1. The van der Waals surface area contributed by atoms with Crippen molar-refractivity contribution in [2.24, 2.45) is 0 Å². The molecule has 0 radical (unpaired) electrons. The van der Waals surface area contributed by atoms with Gasteiger partial charge in [-0.2, -0.15) is 8.42 Å². The van der Waals surface area contributed by atoms with Crippen molar-refractivity contribution in [3.8, 4) is 0 Å². The molecular weight excluding hydrogens is 585 g/mol. The van der Waals surface area contributed by atoms with Gasteiger partial charge in [-0.15, -0.1) is 0 Å². The Balaban J connectivity index is 0.00000484. The second-order valence-corrected chi connectivity index (χ2v) is 12.7. The molecule has 214 valence electrons. The van der Waals surface area contributed by atoms with Gasteiger partial charge in [0.2, 0.25) is 0 Å². The molecule has 0 atom stereocenters. The number of allylic oxidation sites excluding steroid dienone is 5. The smallest absolute Gasteiger partial charge is 0.744 e. The van der Waals surface area contributed by atoms with E-state index in [2.05, 4.69) is 5.32 Å². The zero-order valence-corrected chi connectivity index (χ0v) is 27.7. The van der Waals surface area contributed by atoms with Gasteiger partial charge in [-0.1, -0.05) is 30.3 Å². The molecule has 42 heavy (non-hydrogen) atoms. The molecule has 0 unspecified atom stereocenters. The van der Waals surface area contributed by atoms with Crippen LogP contribution in [0.25, 0.3) is 5.57 Å². The Morgan fingerprint density at radius 1 is 0.881 bits per heavy atom. The van der Waals surface area contributed by atoms with Crippen LogP contribution in [0.15, 0.2) is 106 Å². The zero-order chi connectivity index (χ0) is 29.9. The summed E-state index contributed by atoms with van der Waals surface area (Å²) in [5.74, 6) is 0. The summed E-state index contributed by atoms with van der Waals surface area (Å²) >= 11 is 0. The van der Waals surface area contributed by atoms with Gasteiger partial charge in [0.25, 0.3) is 10.1 Å². The van der Waals surface area contributed by atoms with Crippen LogP contribution in [0.1, 0.15) is 16.7 Å². The summed E-state index contributed by atoms with van der Waals surface area (Å²) in [4.78, 5) is 1.26. The molecule has 0 saturated carbocycles. The Labute approximate surface area is 269 Å². The molecule has 2 N–H and O–H groups in total. The quantitative estimate of drug-likeness (QED) is 0.219. The summed E-state index contributed by atoms with van der Waals surface area (Å²) in [6.45, 7) is 0.0137. The average molecular weight is 617 g/mol. The van der Waals surface area contributed by atoms with E-state index in [4.69, 9.17) is 0 Å². The Hall–Kier alpha value is -3.03. The molecule has 0 bridgehead atoms. The van der Waals surface area contributed by atoms with Gasteiger partial charge in [0.05, 0.1) is 10.6 Å². The molecular formula is C30H31N3NaO6S2+. The van der Waals surface area contributed by atoms with Crippen LogP contribution in [0.2, 0.25) is 0 Å². The number of hydrogen-bond donors (Lipinski definition) is 2. The molecule has 4 rings (SSSR count). The Morgan fingerprint density at radius 3 is 2.05 bits per heavy atom. The van der Waals surface area contributed by atoms with Gasteiger partial charge in [0.1, 0.15) is 29.1 Å². The predicted octanol–water partition coefficient (Wildman–Crippen LogP) is 1.16. The molecule has 1 aliphatic rings. The third-order valence-corrected chi connectivity index (χ3v) is 8.29. The van der Waals surface area contributed by atoms with Gasteiger partial charge in [-0.05, 0) is 76.4 Å². The molecule has 0 heterocycles. The van der Waals surface area contributed by atoms with Gasteiger partial charge >= 0.3 is 29.6 Å². The summed E-state index contributed by atoms with van der Waals surface area (Å²) < 4.78 is 71.3. The maximum absolute atomic E-state index is 12.5. The Bertz CT molecular complexity index is 1800. The summed E-state index contributed by atoms with van der Waals surface area (Å²) in [6.07, 6.45) is 7.86.